The molecule has 1 fully saturated rings. The summed E-state index contributed by atoms with van der Waals surface area (Å²) >= 11 is 0. The number of fused-ring (bicyclic) bond motifs is 5. The number of aliphatic hydroxyl groups is 4. The van der Waals surface area contributed by atoms with E-state index in [9.17, 15) is 40.7 Å². The molecule has 5 atom stereocenters. The Bertz CT molecular complexity index is 1370. The first-order valence-corrected chi connectivity index (χ1v) is 10.9. The van der Waals surface area contributed by atoms with Crippen LogP contribution in [-0.2, 0) is 4.74 Å². The normalized spacial score (nSPS) is 24.9. The van der Waals surface area contributed by atoms with Crippen LogP contribution >= 0.6 is 0 Å². The van der Waals surface area contributed by atoms with E-state index in [0.29, 0.717) is 0 Å². The van der Waals surface area contributed by atoms with Crippen LogP contribution in [0.25, 0.3) is 21.5 Å². The topological polar surface area (TPSA) is 211 Å². The molecule has 3 aromatic carbocycles. The van der Waals surface area contributed by atoms with Gasteiger partial charge in [0.25, 0.3) is 0 Å². The average molecular weight is 520 g/mol. The average Bonchev–Trinajstić information content (AvgIpc) is 3.35. The summed E-state index contributed by atoms with van der Waals surface area (Å²) < 4.78 is 27.5. The number of carboxylic acid groups (broad SMARTS) is 1. The molecule has 0 amide bonds. The van der Waals surface area contributed by atoms with E-state index < -0.39 is 48.8 Å². The number of hydrogen-bond donors (Lipinski definition) is 6. The van der Waals surface area contributed by atoms with Crippen molar-refractivity contribution in [1.29, 1.82) is 0 Å². The number of aliphatic hydroxyl groups excluding tert-OH is 4. The molecule has 6 N–H and O–H groups in total. The molecule has 0 saturated carbocycles. The minimum atomic E-state index is -1.69. The molecule has 0 bridgehead atoms. The van der Waals surface area contributed by atoms with E-state index >= 15 is 0 Å². The minimum Gasteiger partial charge on any atom is -0.545 e. The van der Waals surface area contributed by atoms with Crippen molar-refractivity contribution in [1.82, 2.24) is 0 Å². The first kappa shape index (κ1) is 25.0. The Hall–Kier alpha value is -3.63. The molecule has 5 rings (SSSR count). The summed E-state index contributed by atoms with van der Waals surface area (Å²) in [6.45, 7) is -0.889. The number of carbonyl (C=O) groups excluding carboxylic acids is 1. The second-order valence-corrected chi connectivity index (χ2v) is 8.42. The van der Waals surface area contributed by atoms with Crippen molar-refractivity contribution >= 4 is 33.2 Å². The summed E-state index contributed by atoms with van der Waals surface area (Å²) in [5, 5.41) is 72.0. The smallest absolute Gasteiger partial charge is 0.231 e. The third kappa shape index (κ3) is 4.00. The number of hydrogen-bond acceptors (Lipinski definition) is 14. The van der Waals surface area contributed by atoms with Gasteiger partial charge in [0.15, 0.2) is 11.5 Å². The van der Waals surface area contributed by atoms with Gasteiger partial charge in [-0.3, -0.25) is 10.4 Å². The first-order chi connectivity index (χ1) is 17.7. The molecule has 14 heteroatoms. The van der Waals surface area contributed by atoms with Gasteiger partial charge in [-0.05, 0) is 18.2 Å². The molecule has 3 aromatic rings. The van der Waals surface area contributed by atoms with Gasteiger partial charge in [-0.2, -0.15) is 0 Å². The summed E-state index contributed by atoms with van der Waals surface area (Å²) in [4.78, 5) is 12.0. The van der Waals surface area contributed by atoms with E-state index in [0.717, 1.165) is 6.07 Å². The van der Waals surface area contributed by atoms with Gasteiger partial charge in [0.05, 0.1) is 19.7 Å². The summed E-state index contributed by atoms with van der Waals surface area (Å²) in [5.74, 6) is -1.29. The Morgan fingerprint density at radius 2 is 1.81 bits per heavy atom. The minimum absolute atomic E-state index is 0.0131. The fourth-order valence-electron chi connectivity index (χ4n) is 4.59. The fraction of sp³-hybridized carbons (Fsp3) is 0.348. The lowest BCUT2D eigenvalue weighted by Crippen LogP contribution is -2.60. The number of methoxy groups -OCH3 is 1. The quantitative estimate of drug-likeness (QED) is 0.168. The van der Waals surface area contributed by atoms with Crippen LogP contribution in [0.2, 0.25) is 0 Å². The highest BCUT2D eigenvalue weighted by molar-refractivity contribution is 6.22. The van der Waals surface area contributed by atoms with Crippen LogP contribution in [-0.4, -0.2) is 88.0 Å². The highest BCUT2D eigenvalue weighted by Crippen LogP contribution is 2.49. The van der Waals surface area contributed by atoms with E-state index in [1.54, 1.807) is 0 Å². The van der Waals surface area contributed by atoms with Crippen molar-refractivity contribution in [3.8, 4) is 23.0 Å². The van der Waals surface area contributed by atoms with Crippen molar-refractivity contribution in [2.75, 3.05) is 25.7 Å². The van der Waals surface area contributed by atoms with Crippen LogP contribution in [0.4, 0.5) is 5.69 Å². The van der Waals surface area contributed by atoms with Crippen LogP contribution < -0.4 is 29.3 Å². The fourth-order valence-corrected chi connectivity index (χ4v) is 4.59. The zero-order valence-electron chi connectivity index (χ0n) is 19.1. The predicted octanol–water partition coefficient (Wildman–Crippen LogP) is -1.14. The number of nitrogens with zero attached hydrogens (tertiary/aromatic N) is 1. The van der Waals surface area contributed by atoms with E-state index in [4.69, 9.17) is 23.7 Å². The predicted molar refractivity (Wildman–Crippen MR) is 119 cm³/mol. The molecule has 0 aromatic heterocycles. The van der Waals surface area contributed by atoms with Gasteiger partial charge in [-0.15, -0.1) is 5.23 Å². The molecule has 14 nitrogen and oxygen atoms in total. The second kappa shape index (κ2) is 9.35. The monoisotopic (exact) mass is 520 g/mol. The van der Waals surface area contributed by atoms with Crippen molar-refractivity contribution in [3.63, 3.8) is 0 Å². The second-order valence-electron chi connectivity index (χ2n) is 8.42. The number of benzene rings is 3. The van der Waals surface area contributed by atoms with Crippen molar-refractivity contribution in [2.45, 2.75) is 30.7 Å². The highest BCUT2D eigenvalue weighted by Gasteiger charge is 2.44. The molecule has 0 radical (unpaired) electrons. The van der Waals surface area contributed by atoms with Gasteiger partial charge in [-0.25, -0.2) is 0 Å². The van der Waals surface area contributed by atoms with Crippen LogP contribution in [0.1, 0.15) is 10.4 Å². The van der Waals surface area contributed by atoms with Gasteiger partial charge >= 0.3 is 0 Å². The third-order valence-corrected chi connectivity index (χ3v) is 6.34. The number of anilines is 1. The van der Waals surface area contributed by atoms with Crippen LogP contribution in [0.3, 0.4) is 0 Å². The molecule has 1 saturated heterocycles. The van der Waals surface area contributed by atoms with Crippen LogP contribution in [0, 0.1) is 0 Å². The highest BCUT2D eigenvalue weighted by atomic mass is 16.8. The van der Waals surface area contributed by atoms with Gasteiger partial charge in [0.1, 0.15) is 41.6 Å². The lowest BCUT2D eigenvalue weighted by Gasteiger charge is -2.39. The van der Waals surface area contributed by atoms with E-state index in [2.05, 4.69) is 0 Å². The zero-order valence-corrected chi connectivity index (χ0v) is 19.1. The van der Waals surface area contributed by atoms with E-state index in [-0.39, 0.29) is 62.2 Å². The van der Waals surface area contributed by atoms with Crippen LogP contribution in [0.5, 0.6) is 23.0 Å². The first-order valence-electron chi connectivity index (χ1n) is 10.9. The maximum Gasteiger partial charge on any atom is 0.231 e. The zero-order chi connectivity index (χ0) is 26.6. The molecule has 0 aliphatic carbocycles. The number of rotatable bonds is 6. The number of carbonyl (C=O) groups is 1. The molecular weight excluding hydrogens is 498 g/mol. The Morgan fingerprint density at radius 3 is 2.46 bits per heavy atom. The Balaban J connectivity index is 1.75. The maximum atomic E-state index is 12.0. The Labute approximate surface area is 207 Å². The van der Waals surface area contributed by atoms with Crippen LogP contribution in [0.15, 0.2) is 24.3 Å². The summed E-state index contributed by atoms with van der Waals surface area (Å²) in [5.41, 5.74) is -0.732. The summed E-state index contributed by atoms with van der Waals surface area (Å²) in [6.07, 6.45) is -7.69. The van der Waals surface area contributed by atoms with Gasteiger partial charge in [-0.1, -0.05) is 0 Å². The standard InChI is InChI=1S/C23H23NO13/c1-33-13-3-8(36-23-20(28)19(27)18(26)15(6-25)37-23)2-10-9(13)4-12(24(31)32)16-11(22(29)30)5-14-21(17(10)16)35-7-34-14/h2-5,15,18-20,23,25-28,31-32H,6-7H2,1H3,(H,29,30)/p-1. The van der Waals surface area contributed by atoms with Gasteiger partial charge in [0, 0.05) is 33.2 Å². The molecular formula is C23H22NO13-. The molecule has 2 heterocycles. The van der Waals surface area contributed by atoms with Crippen molar-refractivity contribution in [2.24, 2.45) is 0 Å². The Morgan fingerprint density at radius 1 is 1.05 bits per heavy atom. The molecule has 0 spiro atoms. The SMILES string of the molecule is COc1cc(OC2OC(CO)C(O)C(O)C2O)cc2c1cc(N(O)O)c1c(C(=O)[O-])cc3c(c12)OCO3. The summed E-state index contributed by atoms with van der Waals surface area (Å²) in [6, 6.07) is 5.21. The van der Waals surface area contributed by atoms with Crippen molar-refractivity contribution in [3.05, 3.63) is 29.8 Å². The summed E-state index contributed by atoms with van der Waals surface area (Å²) in [7, 11) is 1.33. The number of ether oxygens (including phenoxy) is 5. The van der Waals surface area contributed by atoms with E-state index in [1.807, 2.05) is 0 Å². The van der Waals surface area contributed by atoms with Gasteiger partial charge < -0.3 is 54.0 Å². The molecule has 37 heavy (non-hydrogen) atoms. The molecule has 2 aliphatic rings. The largest absolute Gasteiger partial charge is 0.545 e. The van der Waals surface area contributed by atoms with Gasteiger partial charge in [0.2, 0.25) is 13.1 Å². The molecule has 2 aliphatic heterocycles. The Kier molecular flexibility index (Phi) is 6.33. The molecule has 5 unspecified atom stereocenters. The lowest BCUT2D eigenvalue weighted by molar-refractivity contribution is -0.277. The third-order valence-electron chi connectivity index (χ3n) is 6.34. The number of carboxylic acids is 1. The molecule has 198 valence electrons. The lowest BCUT2D eigenvalue weighted by atomic mass is 9.94. The van der Waals surface area contributed by atoms with E-state index in [1.165, 1.54) is 25.3 Å². The number of aromatic carboxylic acids is 1. The maximum absolute atomic E-state index is 12.0. The van der Waals surface area contributed by atoms with Crippen molar-refractivity contribution < 1.29 is 64.4 Å².